The molecule has 0 aromatic heterocycles. The van der Waals surface area contributed by atoms with Crippen molar-refractivity contribution >= 4 is 5.91 Å². The van der Waals surface area contributed by atoms with Crippen molar-refractivity contribution in [1.29, 1.82) is 0 Å². The van der Waals surface area contributed by atoms with E-state index in [0.29, 0.717) is 6.42 Å². The maximum Gasteiger partial charge on any atom is 0.239 e. The molecular formula is C7H14N2O. The molecule has 0 aliphatic carbocycles. The zero-order valence-corrected chi connectivity index (χ0v) is 6.48. The molecule has 0 spiro atoms. The van der Waals surface area contributed by atoms with Gasteiger partial charge in [0.15, 0.2) is 0 Å². The lowest BCUT2D eigenvalue weighted by Crippen LogP contribution is -2.39. The summed E-state index contributed by atoms with van der Waals surface area (Å²) >= 11 is 0. The minimum absolute atomic E-state index is 0.266. The number of carbonyl (C=O) groups is 1. The number of hydrogen-bond acceptors (Lipinski definition) is 2. The van der Waals surface area contributed by atoms with Crippen LogP contribution in [0.15, 0.2) is 12.3 Å². The number of nitrogens with one attached hydrogen (secondary N) is 1. The smallest absolute Gasteiger partial charge is 0.239 e. The zero-order chi connectivity index (χ0) is 8.15. The van der Waals surface area contributed by atoms with Crippen LogP contribution in [0.4, 0.5) is 0 Å². The first kappa shape index (κ1) is 9.01. The Kier molecular flexibility index (Phi) is 3.54. The maximum atomic E-state index is 10.6. The Morgan fingerprint density at radius 2 is 2.30 bits per heavy atom. The van der Waals surface area contributed by atoms with Crippen molar-refractivity contribution in [2.45, 2.75) is 26.3 Å². The van der Waals surface area contributed by atoms with Gasteiger partial charge in [-0.1, -0.05) is 13.5 Å². The number of hydrogen-bond donors (Lipinski definition) is 2. The molecule has 0 aromatic rings. The molecule has 0 unspecified atom stereocenters. The third-order valence-corrected chi connectivity index (χ3v) is 1.17. The van der Waals surface area contributed by atoms with Gasteiger partial charge in [-0.25, -0.2) is 0 Å². The van der Waals surface area contributed by atoms with Gasteiger partial charge < -0.3 is 11.1 Å². The zero-order valence-electron chi connectivity index (χ0n) is 6.48. The minimum Gasteiger partial charge on any atom is -0.378 e. The summed E-state index contributed by atoms with van der Waals surface area (Å²) in [7, 11) is 0. The summed E-state index contributed by atoms with van der Waals surface area (Å²) in [4.78, 5) is 10.6. The van der Waals surface area contributed by atoms with E-state index in [1.807, 2.05) is 6.92 Å². The molecule has 58 valence electrons. The standard InChI is InChI=1S/C7H14N2O/c1-4-6(7(8)10)9-5(2)3/h6,9H,2,4H2,1,3H3,(H2,8,10)/t6-/m0/s1. The van der Waals surface area contributed by atoms with Crippen LogP contribution < -0.4 is 11.1 Å². The van der Waals surface area contributed by atoms with Gasteiger partial charge in [0.25, 0.3) is 0 Å². The molecule has 0 aliphatic heterocycles. The van der Waals surface area contributed by atoms with E-state index in [0.717, 1.165) is 5.70 Å². The Bertz CT molecular complexity index is 143. The minimum atomic E-state index is -0.328. The monoisotopic (exact) mass is 142 g/mol. The van der Waals surface area contributed by atoms with Gasteiger partial charge in [-0.05, 0) is 13.3 Å². The fourth-order valence-corrected chi connectivity index (χ4v) is 0.672. The molecule has 0 saturated carbocycles. The SMILES string of the molecule is C=C(C)N[C@@H](CC)C(N)=O. The number of primary amides is 1. The summed E-state index contributed by atoms with van der Waals surface area (Å²) in [5, 5.41) is 2.86. The molecule has 10 heavy (non-hydrogen) atoms. The van der Waals surface area contributed by atoms with Gasteiger partial charge in [0.1, 0.15) is 6.04 Å². The molecule has 3 N–H and O–H groups in total. The Hall–Kier alpha value is -0.990. The lowest BCUT2D eigenvalue weighted by Gasteiger charge is -2.13. The van der Waals surface area contributed by atoms with Crippen LogP contribution >= 0.6 is 0 Å². The molecule has 0 bridgehead atoms. The summed E-state index contributed by atoms with van der Waals surface area (Å²) in [5.41, 5.74) is 5.82. The summed E-state index contributed by atoms with van der Waals surface area (Å²) in [5.74, 6) is -0.328. The first-order valence-corrected chi connectivity index (χ1v) is 3.29. The van der Waals surface area contributed by atoms with Crippen LogP contribution in [0.3, 0.4) is 0 Å². The first-order chi connectivity index (χ1) is 4.57. The van der Waals surface area contributed by atoms with Gasteiger partial charge in [0.2, 0.25) is 5.91 Å². The quantitative estimate of drug-likeness (QED) is 0.596. The van der Waals surface area contributed by atoms with Crippen LogP contribution in [0.25, 0.3) is 0 Å². The van der Waals surface area contributed by atoms with Gasteiger partial charge in [0, 0.05) is 5.70 Å². The van der Waals surface area contributed by atoms with E-state index in [1.165, 1.54) is 0 Å². The Morgan fingerprint density at radius 1 is 1.80 bits per heavy atom. The van der Waals surface area contributed by atoms with Crippen LogP contribution in [0, 0.1) is 0 Å². The Morgan fingerprint density at radius 3 is 2.40 bits per heavy atom. The van der Waals surface area contributed by atoms with Crippen LogP contribution in [-0.2, 0) is 4.79 Å². The number of allylic oxidation sites excluding steroid dienone is 1. The van der Waals surface area contributed by atoms with Gasteiger partial charge in [0.05, 0.1) is 0 Å². The van der Waals surface area contributed by atoms with Crippen LogP contribution in [0.1, 0.15) is 20.3 Å². The molecule has 1 amide bonds. The van der Waals surface area contributed by atoms with Crippen LogP contribution in [-0.4, -0.2) is 11.9 Å². The van der Waals surface area contributed by atoms with Crippen LogP contribution in [0.5, 0.6) is 0 Å². The number of amides is 1. The molecule has 0 aromatic carbocycles. The van der Waals surface area contributed by atoms with Gasteiger partial charge >= 0.3 is 0 Å². The average Bonchev–Trinajstić information content (AvgIpc) is 1.81. The molecule has 0 saturated heterocycles. The predicted octanol–water partition coefficient (Wildman–Crippen LogP) is 0.373. The first-order valence-electron chi connectivity index (χ1n) is 3.29. The Labute approximate surface area is 61.3 Å². The van der Waals surface area contributed by atoms with E-state index in [-0.39, 0.29) is 11.9 Å². The highest BCUT2D eigenvalue weighted by molar-refractivity contribution is 5.79. The van der Waals surface area contributed by atoms with E-state index < -0.39 is 0 Å². The summed E-state index contributed by atoms with van der Waals surface area (Å²) < 4.78 is 0. The van der Waals surface area contributed by atoms with E-state index in [4.69, 9.17) is 5.73 Å². The van der Waals surface area contributed by atoms with Gasteiger partial charge in [-0.3, -0.25) is 4.79 Å². The predicted molar refractivity (Wildman–Crippen MR) is 41.2 cm³/mol. The number of carbonyl (C=O) groups excluding carboxylic acids is 1. The molecule has 1 atom stereocenters. The molecule has 0 aliphatic rings. The van der Waals surface area contributed by atoms with Crippen molar-refractivity contribution < 1.29 is 4.79 Å². The normalized spacial score (nSPS) is 12.2. The van der Waals surface area contributed by atoms with Crippen LogP contribution in [0.2, 0.25) is 0 Å². The van der Waals surface area contributed by atoms with Crippen molar-refractivity contribution in [3.63, 3.8) is 0 Å². The fourth-order valence-electron chi connectivity index (χ4n) is 0.672. The molecule has 0 heterocycles. The van der Waals surface area contributed by atoms with E-state index in [1.54, 1.807) is 6.92 Å². The van der Waals surface area contributed by atoms with Crippen molar-refractivity contribution in [2.24, 2.45) is 5.73 Å². The third-order valence-electron chi connectivity index (χ3n) is 1.17. The fraction of sp³-hybridized carbons (Fsp3) is 0.571. The highest BCUT2D eigenvalue weighted by Crippen LogP contribution is 1.92. The second-order valence-electron chi connectivity index (χ2n) is 2.29. The van der Waals surface area contributed by atoms with Crippen molar-refractivity contribution in [3.05, 3.63) is 12.3 Å². The second-order valence-corrected chi connectivity index (χ2v) is 2.29. The van der Waals surface area contributed by atoms with Crippen molar-refractivity contribution in [3.8, 4) is 0 Å². The Balaban J connectivity index is 3.83. The van der Waals surface area contributed by atoms with E-state index >= 15 is 0 Å². The lowest BCUT2D eigenvalue weighted by atomic mass is 10.2. The highest BCUT2D eigenvalue weighted by Gasteiger charge is 2.10. The summed E-state index contributed by atoms with van der Waals surface area (Å²) in [6.45, 7) is 7.30. The summed E-state index contributed by atoms with van der Waals surface area (Å²) in [6, 6.07) is -0.266. The lowest BCUT2D eigenvalue weighted by molar-refractivity contribution is -0.119. The van der Waals surface area contributed by atoms with Crippen molar-refractivity contribution in [2.75, 3.05) is 0 Å². The second kappa shape index (κ2) is 3.93. The van der Waals surface area contributed by atoms with Gasteiger partial charge in [-0.15, -0.1) is 0 Å². The third kappa shape index (κ3) is 3.12. The highest BCUT2D eigenvalue weighted by atomic mass is 16.1. The average molecular weight is 142 g/mol. The van der Waals surface area contributed by atoms with Gasteiger partial charge in [-0.2, -0.15) is 0 Å². The van der Waals surface area contributed by atoms with Crippen molar-refractivity contribution in [1.82, 2.24) is 5.32 Å². The summed E-state index contributed by atoms with van der Waals surface area (Å²) in [6.07, 6.45) is 0.697. The number of nitrogens with two attached hydrogens (primary N) is 1. The van der Waals surface area contributed by atoms with E-state index in [9.17, 15) is 4.79 Å². The topological polar surface area (TPSA) is 55.1 Å². The molecule has 0 radical (unpaired) electrons. The maximum absolute atomic E-state index is 10.6. The molecule has 0 rings (SSSR count). The molecule has 3 heteroatoms. The number of rotatable bonds is 4. The molecule has 0 fully saturated rings. The van der Waals surface area contributed by atoms with E-state index in [2.05, 4.69) is 11.9 Å². The molecule has 3 nitrogen and oxygen atoms in total. The molecular weight excluding hydrogens is 128 g/mol. The largest absolute Gasteiger partial charge is 0.378 e.